The van der Waals surface area contributed by atoms with Crippen LogP contribution in [0, 0.1) is 18.3 Å². The number of nitrogens with zero attached hydrogens (tertiary/aromatic N) is 5. The van der Waals surface area contributed by atoms with Gasteiger partial charge in [-0.05, 0) is 49.4 Å². The summed E-state index contributed by atoms with van der Waals surface area (Å²) in [6.07, 6.45) is 5.50. The number of rotatable bonds is 3. The molecule has 0 radical (unpaired) electrons. The van der Waals surface area contributed by atoms with Gasteiger partial charge in [-0.1, -0.05) is 19.9 Å². The Hall–Kier alpha value is -3.02. The summed E-state index contributed by atoms with van der Waals surface area (Å²) < 4.78 is 1.85. The zero-order valence-corrected chi connectivity index (χ0v) is 17.8. The van der Waals surface area contributed by atoms with E-state index in [1.165, 1.54) is 11.3 Å². The molecular formula is C24H27N5O. The second-order valence-corrected chi connectivity index (χ2v) is 9.48. The first-order chi connectivity index (χ1) is 14.4. The van der Waals surface area contributed by atoms with E-state index in [0.29, 0.717) is 18.2 Å². The molecule has 3 aromatic rings. The van der Waals surface area contributed by atoms with Gasteiger partial charge in [0.15, 0.2) is 0 Å². The van der Waals surface area contributed by atoms with E-state index in [1.54, 1.807) is 18.5 Å². The van der Waals surface area contributed by atoms with Gasteiger partial charge in [0.2, 0.25) is 5.95 Å². The molecule has 6 heteroatoms. The number of fused-ring (bicyclic) bond motifs is 2. The quantitative estimate of drug-likeness (QED) is 0.674. The lowest BCUT2D eigenvalue weighted by Gasteiger charge is -2.41. The van der Waals surface area contributed by atoms with Crippen LogP contribution in [0.2, 0.25) is 0 Å². The summed E-state index contributed by atoms with van der Waals surface area (Å²) in [5, 5.41) is 0. The number of aryl methyl sites for hydroxylation is 1. The lowest BCUT2D eigenvalue weighted by atomic mass is 9.90. The molecule has 154 valence electrons. The second-order valence-electron chi connectivity index (χ2n) is 9.48. The monoisotopic (exact) mass is 401 g/mol. The fourth-order valence-corrected chi connectivity index (χ4v) is 4.87. The maximum absolute atomic E-state index is 13.0. The molecule has 0 saturated carbocycles. The molecule has 1 atom stereocenters. The molecule has 0 spiro atoms. The summed E-state index contributed by atoms with van der Waals surface area (Å²) in [4.78, 5) is 29.1. The average molecular weight is 402 g/mol. The zero-order chi connectivity index (χ0) is 20.9. The minimum absolute atomic E-state index is 0.0107. The number of aromatic nitrogens is 4. The topological polar surface area (TPSA) is 63.9 Å². The number of anilines is 1. The van der Waals surface area contributed by atoms with Crippen molar-refractivity contribution in [3.63, 3.8) is 0 Å². The van der Waals surface area contributed by atoms with Crippen molar-refractivity contribution >= 4 is 5.95 Å². The fraction of sp³-hybridized carbons (Fsp3) is 0.417. The van der Waals surface area contributed by atoms with Gasteiger partial charge in [-0.15, -0.1) is 0 Å². The summed E-state index contributed by atoms with van der Waals surface area (Å²) in [6.45, 7) is 8.95. The van der Waals surface area contributed by atoms with Crippen molar-refractivity contribution in [1.29, 1.82) is 0 Å². The van der Waals surface area contributed by atoms with Gasteiger partial charge in [-0.25, -0.2) is 4.98 Å². The Kier molecular flexibility index (Phi) is 4.45. The molecule has 1 unspecified atom stereocenters. The molecule has 5 rings (SSSR count). The molecule has 1 aliphatic carbocycles. The van der Waals surface area contributed by atoms with Crippen molar-refractivity contribution in [2.24, 2.45) is 11.3 Å². The molecule has 0 amide bonds. The SMILES string of the molecule is Cc1ccc2c(n1)CC(CN1CC(C)(C)Cn3c1nc(-c1ccncc1)cc3=O)C2. The average Bonchev–Trinajstić information content (AvgIpc) is 3.10. The van der Waals surface area contributed by atoms with E-state index in [9.17, 15) is 4.79 Å². The minimum Gasteiger partial charge on any atom is -0.341 e. The smallest absolute Gasteiger partial charge is 0.255 e. The standard InChI is InChI=1S/C24H27N5O/c1-16-4-5-19-10-17(11-20(19)26-16)13-28-14-24(2,3)15-29-22(30)12-21(27-23(28)29)18-6-8-25-9-7-18/h4-9,12,17H,10-11,13-15H2,1-3H3. The Bertz CT molecular complexity index is 1150. The van der Waals surface area contributed by atoms with Crippen LogP contribution >= 0.6 is 0 Å². The highest BCUT2D eigenvalue weighted by atomic mass is 16.1. The van der Waals surface area contributed by atoms with Gasteiger partial charge in [0.25, 0.3) is 5.56 Å². The normalized spacial score (nSPS) is 19.4. The van der Waals surface area contributed by atoms with Crippen molar-refractivity contribution in [3.05, 3.63) is 70.0 Å². The van der Waals surface area contributed by atoms with Gasteiger partial charge < -0.3 is 4.90 Å². The van der Waals surface area contributed by atoms with Crippen LogP contribution in [0.15, 0.2) is 47.5 Å². The van der Waals surface area contributed by atoms with E-state index in [4.69, 9.17) is 9.97 Å². The first kappa shape index (κ1) is 19.0. The summed E-state index contributed by atoms with van der Waals surface area (Å²) in [5.74, 6) is 1.27. The third-order valence-corrected chi connectivity index (χ3v) is 6.13. The third-order valence-electron chi connectivity index (χ3n) is 6.13. The van der Waals surface area contributed by atoms with E-state index < -0.39 is 0 Å². The lowest BCUT2D eigenvalue weighted by Crippen LogP contribution is -2.49. The largest absolute Gasteiger partial charge is 0.341 e. The maximum atomic E-state index is 13.0. The molecule has 0 aromatic carbocycles. The Labute approximate surface area is 176 Å². The van der Waals surface area contributed by atoms with Gasteiger partial charge in [0.05, 0.1) is 5.69 Å². The molecule has 0 saturated heterocycles. The third kappa shape index (κ3) is 3.51. The van der Waals surface area contributed by atoms with Crippen molar-refractivity contribution in [2.75, 3.05) is 18.0 Å². The Morgan fingerprint density at radius 1 is 1.07 bits per heavy atom. The van der Waals surface area contributed by atoms with Crippen molar-refractivity contribution in [2.45, 2.75) is 40.2 Å². The van der Waals surface area contributed by atoms with Gasteiger partial charge in [-0.3, -0.25) is 19.3 Å². The first-order valence-electron chi connectivity index (χ1n) is 10.6. The van der Waals surface area contributed by atoms with Gasteiger partial charge in [0, 0.05) is 60.5 Å². The number of hydrogen-bond donors (Lipinski definition) is 0. The number of pyridine rings is 2. The van der Waals surface area contributed by atoms with E-state index in [1.807, 2.05) is 23.6 Å². The van der Waals surface area contributed by atoms with E-state index in [0.717, 1.165) is 43.1 Å². The highest BCUT2D eigenvalue weighted by Crippen LogP contribution is 2.33. The molecule has 0 fully saturated rings. The zero-order valence-electron chi connectivity index (χ0n) is 17.8. The van der Waals surface area contributed by atoms with E-state index >= 15 is 0 Å². The molecule has 3 aromatic heterocycles. The van der Waals surface area contributed by atoms with Crippen molar-refractivity contribution < 1.29 is 0 Å². The molecule has 30 heavy (non-hydrogen) atoms. The van der Waals surface area contributed by atoms with Crippen molar-refractivity contribution in [1.82, 2.24) is 19.5 Å². The van der Waals surface area contributed by atoms with Crippen LogP contribution in [0.25, 0.3) is 11.3 Å². The highest BCUT2D eigenvalue weighted by Gasteiger charge is 2.34. The molecule has 1 aliphatic heterocycles. The molecular weight excluding hydrogens is 374 g/mol. The fourth-order valence-electron chi connectivity index (χ4n) is 4.87. The van der Waals surface area contributed by atoms with Crippen LogP contribution in [-0.2, 0) is 19.4 Å². The van der Waals surface area contributed by atoms with E-state index in [2.05, 4.69) is 35.9 Å². The van der Waals surface area contributed by atoms with Crippen LogP contribution in [-0.4, -0.2) is 32.6 Å². The summed E-state index contributed by atoms with van der Waals surface area (Å²) in [5.41, 5.74) is 5.32. The molecule has 4 heterocycles. The molecule has 2 aliphatic rings. The van der Waals surface area contributed by atoms with Crippen molar-refractivity contribution in [3.8, 4) is 11.3 Å². The van der Waals surface area contributed by atoms with Crippen LogP contribution in [0.5, 0.6) is 0 Å². The van der Waals surface area contributed by atoms with Crippen LogP contribution in [0.3, 0.4) is 0 Å². The predicted octanol–water partition coefficient (Wildman–Crippen LogP) is 3.27. The molecule has 0 N–H and O–H groups in total. The van der Waals surface area contributed by atoms with Crippen LogP contribution in [0.1, 0.15) is 30.8 Å². The maximum Gasteiger partial charge on any atom is 0.255 e. The molecule has 6 nitrogen and oxygen atoms in total. The molecule has 0 bridgehead atoms. The minimum atomic E-state index is 0.0107. The number of hydrogen-bond acceptors (Lipinski definition) is 5. The Balaban J connectivity index is 1.49. The van der Waals surface area contributed by atoms with Gasteiger partial charge >= 0.3 is 0 Å². The van der Waals surface area contributed by atoms with E-state index in [-0.39, 0.29) is 11.0 Å². The second kappa shape index (κ2) is 7.04. The van der Waals surface area contributed by atoms with Crippen LogP contribution < -0.4 is 10.5 Å². The Morgan fingerprint density at radius 2 is 1.87 bits per heavy atom. The predicted molar refractivity (Wildman–Crippen MR) is 118 cm³/mol. The highest BCUT2D eigenvalue weighted by molar-refractivity contribution is 5.59. The first-order valence-corrected chi connectivity index (χ1v) is 10.6. The summed E-state index contributed by atoms with van der Waals surface area (Å²) >= 11 is 0. The summed E-state index contributed by atoms with van der Waals surface area (Å²) in [7, 11) is 0. The Morgan fingerprint density at radius 3 is 2.67 bits per heavy atom. The van der Waals surface area contributed by atoms with Crippen LogP contribution in [0.4, 0.5) is 5.95 Å². The summed E-state index contributed by atoms with van der Waals surface area (Å²) in [6, 6.07) is 9.77. The van der Waals surface area contributed by atoms with Gasteiger partial charge in [-0.2, -0.15) is 0 Å². The van der Waals surface area contributed by atoms with Gasteiger partial charge in [0.1, 0.15) is 0 Å². The lowest BCUT2D eigenvalue weighted by molar-refractivity contribution is 0.268.